The van der Waals surface area contributed by atoms with Crippen molar-refractivity contribution in [3.8, 4) is 6.07 Å². The van der Waals surface area contributed by atoms with Crippen LogP contribution in [0.25, 0.3) is 0 Å². The van der Waals surface area contributed by atoms with Crippen LogP contribution in [0.5, 0.6) is 0 Å². The Balaban J connectivity index is 1.92. The summed E-state index contributed by atoms with van der Waals surface area (Å²) in [6.07, 6.45) is 0. The van der Waals surface area contributed by atoms with Gasteiger partial charge in [0, 0.05) is 17.0 Å². The molecule has 0 aliphatic rings. The summed E-state index contributed by atoms with van der Waals surface area (Å²) in [5.74, 6) is -0.445. The minimum Gasteiger partial charge on any atom is -0.462 e. The highest BCUT2D eigenvalue weighted by molar-refractivity contribution is 7.18. The molecule has 3 rings (SSSR count). The molecule has 0 spiro atoms. The summed E-state index contributed by atoms with van der Waals surface area (Å²) in [6, 6.07) is 16.2. The van der Waals surface area contributed by atoms with E-state index < -0.39 is 5.97 Å². The van der Waals surface area contributed by atoms with Gasteiger partial charge in [-0.3, -0.25) is 0 Å². The summed E-state index contributed by atoms with van der Waals surface area (Å²) in [4.78, 5) is 13.8. The van der Waals surface area contributed by atoms with Crippen LogP contribution < -0.4 is 11.1 Å². The van der Waals surface area contributed by atoms with Gasteiger partial charge in [0.15, 0.2) is 0 Å². The third-order valence-electron chi connectivity index (χ3n) is 4.05. The molecule has 0 radical (unpaired) electrons. The van der Waals surface area contributed by atoms with Crippen molar-refractivity contribution in [1.82, 2.24) is 5.32 Å². The lowest BCUT2D eigenvalue weighted by molar-refractivity contribution is 0.0530. The van der Waals surface area contributed by atoms with Crippen molar-refractivity contribution in [1.29, 1.82) is 5.26 Å². The number of anilines is 1. The van der Waals surface area contributed by atoms with Crippen molar-refractivity contribution >= 4 is 33.6 Å². The van der Waals surface area contributed by atoms with Crippen LogP contribution in [-0.4, -0.2) is 12.6 Å². The highest BCUT2D eigenvalue weighted by atomic mass is 32.1. The number of ether oxygens (including phenoxy) is 1. The Bertz CT molecular complexity index is 944. The molecule has 138 valence electrons. The second-order valence-corrected chi connectivity index (χ2v) is 7.75. The molecule has 27 heavy (non-hydrogen) atoms. The van der Waals surface area contributed by atoms with Gasteiger partial charge >= 0.3 is 5.97 Å². The molecule has 7 heteroatoms. The first-order valence-electron chi connectivity index (χ1n) is 8.45. The van der Waals surface area contributed by atoms with Crippen LogP contribution in [0.2, 0.25) is 0 Å². The van der Waals surface area contributed by atoms with Gasteiger partial charge in [0.1, 0.15) is 15.9 Å². The van der Waals surface area contributed by atoms with E-state index in [1.165, 1.54) is 0 Å². The zero-order chi connectivity index (χ0) is 19.2. The number of rotatable bonds is 7. The van der Waals surface area contributed by atoms with Crippen molar-refractivity contribution in [2.24, 2.45) is 0 Å². The van der Waals surface area contributed by atoms with E-state index in [1.807, 2.05) is 29.6 Å². The number of nitrogens with two attached hydrogens (primary N) is 1. The Morgan fingerprint density at radius 1 is 1.30 bits per heavy atom. The third-order valence-corrected chi connectivity index (χ3v) is 6.03. The predicted molar refractivity (Wildman–Crippen MR) is 109 cm³/mol. The van der Waals surface area contributed by atoms with Crippen molar-refractivity contribution in [3.05, 3.63) is 74.3 Å². The number of hydrogen-bond acceptors (Lipinski definition) is 7. The van der Waals surface area contributed by atoms with E-state index >= 15 is 0 Å². The number of benzene rings is 1. The molecular formula is C20H19N3O2S2. The number of nitrogen functional groups attached to an aromatic ring is 1. The first kappa shape index (κ1) is 19.1. The van der Waals surface area contributed by atoms with Crippen LogP contribution >= 0.6 is 22.7 Å². The number of carbonyl (C=O) groups excluding carboxylic acids is 1. The number of nitrogens with one attached hydrogen (secondary N) is 1. The average Bonchev–Trinajstić information content (AvgIpc) is 3.31. The van der Waals surface area contributed by atoms with Gasteiger partial charge < -0.3 is 15.8 Å². The van der Waals surface area contributed by atoms with Crippen LogP contribution in [0.3, 0.4) is 0 Å². The molecular weight excluding hydrogens is 378 g/mol. The molecule has 2 heterocycles. The van der Waals surface area contributed by atoms with Crippen LogP contribution in [0.4, 0.5) is 5.00 Å². The Morgan fingerprint density at radius 2 is 2.07 bits per heavy atom. The van der Waals surface area contributed by atoms with E-state index in [0.717, 1.165) is 21.8 Å². The van der Waals surface area contributed by atoms with Gasteiger partial charge in [-0.1, -0.05) is 36.4 Å². The summed E-state index contributed by atoms with van der Waals surface area (Å²) in [5, 5.41) is 15.3. The molecule has 0 bridgehead atoms. The molecule has 2 aromatic heterocycles. The number of carbonyl (C=O) groups is 1. The standard InChI is InChI=1S/C20H19N3O2S2/c1-2-25-20(24)18-15(14(11-21)19(22)27-18)12-23-17(16-9-6-10-26-16)13-7-4-3-5-8-13/h3-10,17,23H,2,12,22H2,1H3/t17-/m1/s1. The van der Waals surface area contributed by atoms with E-state index in [4.69, 9.17) is 10.5 Å². The van der Waals surface area contributed by atoms with Crippen molar-refractivity contribution in [3.63, 3.8) is 0 Å². The first-order valence-corrected chi connectivity index (χ1v) is 10.1. The number of nitrogens with zero attached hydrogens (tertiary/aromatic N) is 1. The molecule has 0 aliphatic carbocycles. The van der Waals surface area contributed by atoms with E-state index in [-0.39, 0.29) is 12.6 Å². The largest absolute Gasteiger partial charge is 0.462 e. The average molecular weight is 398 g/mol. The topological polar surface area (TPSA) is 88.1 Å². The molecule has 0 fully saturated rings. The van der Waals surface area contributed by atoms with E-state index in [1.54, 1.807) is 18.3 Å². The Morgan fingerprint density at radius 3 is 2.70 bits per heavy atom. The lowest BCUT2D eigenvalue weighted by atomic mass is 10.0. The molecule has 1 atom stereocenters. The molecule has 5 nitrogen and oxygen atoms in total. The van der Waals surface area contributed by atoms with Gasteiger partial charge in [-0.05, 0) is 23.9 Å². The molecule has 3 N–H and O–H groups in total. The minimum absolute atomic E-state index is 0.0473. The van der Waals surface area contributed by atoms with Crippen molar-refractivity contribution < 1.29 is 9.53 Å². The predicted octanol–water partition coefficient (Wildman–Crippen LogP) is 4.32. The molecule has 0 unspecified atom stereocenters. The van der Waals surface area contributed by atoms with Gasteiger partial charge in [0.05, 0.1) is 18.2 Å². The van der Waals surface area contributed by atoms with Crippen molar-refractivity contribution in [2.75, 3.05) is 12.3 Å². The second-order valence-electron chi connectivity index (χ2n) is 5.72. The summed E-state index contributed by atoms with van der Waals surface area (Å²) >= 11 is 2.76. The van der Waals surface area contributed by atoms with E-state index in [2.05, 4.69) is 29.6 Å². The van der Waals surface area contributed by atoms with E-state index in [9.17, 15) is 10.1 Å². The number of nitriles is 1. The zero-order valence-electron chi connectivity index (χ0n) is 14.8. The minimum atomic E-state index is -0.445. The van der Waals surface area contributed by atoms with Gasteiger partial charge in [-0.25, -0.2) is 4.79 Å². The van der Waals surface area contributed by atoms with Gasteiger partial charge in [-0.15, -0.1) is 22.7 Å². The molecule has 0 amide bonds. The van der Waals surface area contributed by atoms with Crippen LogP contribution in [-0.2, 0) is 11.3 Å². The quantitative estimate of drug-likeness (QED) is 0.580. The molecule has 3 aromatic rings. The third kappa shape index (κ3) is 4.19. The number of thiophene rings is 2. The van der Waals surface area contributed by atoms with E-state index in [0.29, 0.717) is 27.5 Å². The Hall–Kier alpha value is -2.66. The normalized spacial score (nSPS) is 11.7. The highest BCUT2D eigenvalue weighted by Gasteiger charge is 2.24. The molecule has 0 saturated heterocycles. The maximum absolute atomic E-state index is 12.3. The molecule has 1 aromatic carbocycles. The van der Waals surface area contributed by atoms with Gasteiger partial charge in [-0.2, -0.15) is 5.26 Å². The summed E-state index contributed by atoms with van der Waals surface area (Å²) in [5.41, 5.74) is 8.01. The smallest absolute Gasteiger partial charge is 0.348 e. The number of hydrogen-bond donors (Lipinski definition) is 2. The van der Waals surface area contributed by atoms with Crippen LogP contribution in [0.15, 0.2) is 47.8 Å². The van der Waals surface area contributed by atoms with Gasteiger partial charge in [0.2, 0.25) is 0 Å². The molecule has 0 aliphatic heterocycles. The van der Waals surface area contributed by atoms with Crippen LogP contribution in [0.1, 0.15) is 44.2 Å². The fraction of sp³-hybridized carbons (Fsp3) is 0.200. The van der Waals surface area contributed by atoms with Crippen LogP contribution in [0, 0.1) is 11.3 Å². The lowest BCUT2D eigenvalue weighted by Gasteiger charge is -2.18. The maximum atomic E-state index is 12.3. The fourth-order valence-corrected chi connectivity index (χ4v) is 4.58. The Kier molecular flexibility index (Phi) is 6.24. The summed E-state index contributed by atoms with van der Waals surface area (Å²) < 4.78 is 5.13. The fourth-order valence-electron chi connectivity index (χ4n) is 2.83. The SMILES string of the molecule is CCOC(=O)c1sc(N)c(C#N)c1CN[C@H](c1ccccc1)c1cccs1. The van der Waals surface area contributed by atoms with Crippen molar-refractivity contribution in [2.45, 2.75) is 19.5 Å². The summed E-state index contributed by atoms with van der Waals surface area (Å²) in [6.45, 7) is 2.36. The maximum Gasteiger partial charge on any atom is 0.348 e. The Labute approximate surface area is 166 Å². The summed E-state index contributed by atoms with van der Waals surface area (Å²) in [7, 11) is 0. The zero-order valence-corrected chi connectivity index (χ0v) is 16.4. The lowest BCUT2D eigenvalue weighted by Crippen LogP contribution is -2.22. The highest BCUT2D eigenvalue weighted by Crippen LogP contribution is 2.33. The van der Waals surface area contributed by atoms with Gasteiger partial charge in [0.25, 0.3) is 0 Å². The second kappa shape index (κ2) is 8.82. The molecule has 0 saturated carbocycles. The monoisotopic (exact) mass is 397 g/mol. The first-order chi connectivity index (χ1) is 13.2. The number of esters is 1.